The highest BCUT2D eigenvalue weighted by Gasteiger charge is 2.70. The number of hydrogen-bond donors (Lipinski definition) is 0. The summed E-state index contributed by atoms with van der Waals surface area (Å²) in [5, 5.41) is 1.31. The van der Waals surface area contributed by atoms with Gasteiger partial charge < -0.3 is 0 Å². The highest BCUT2D eigenvalue weighted by Crippen LogP contribution is 3.26. The molecule has 0 aliphatic carbocycles. The van der Waals surface area contributed by atoms with Crippen molar-refractivity contribution in [2.75, 3.05) is 17.3 Å². The average molecular weight is 637 g/mol. The molecule has 0 radical (unpaired) electrons. The monoisotopic (exact) mass is 636 g/mol. The topological polar surface area (TPSA) is 0 Å². The van der Waals surface area contributed by atoms with Gasteiger partial charge in [0.2, 0.25) is 0 Å². The summed E-state index contributed by atoms with van der Waals surface area (Å²) < 4.78 is -2.12. The third-order valence-electron chi connectivity index (χ3n) is 5.61. The highest BCUT2D eigenvalue weighted by atomic mass is 34.4. The minimum absolute atomic E-state index is 0.204. The molecule has 0 bridgehead atoms. The van der Waals surface area contributed by atoms with Gasteiger partial charge in [0.15, 0.2) is 0 Å². The molecule has 0 aromatic rings. The molecule has 0 fully saturated rings. The Labute approximate surface area is 251 Å². The van der Waals surface area contributed by atoms with Crippen LogP contribution in [-0.2, 0) is 0 Å². The Kier molecular flexibility index (Phi) is 17.9. The van der Waals surface area contributed by atoms with Crippen LogP contribution in [-0.4, -0.2) is 37.1 Å². The van der Waals surface area contributed by atoms with Crippen LogP contribution >= 0.6 is 69.2 Å². The van der Waals surface area contributed by atoms with E-state index >= 15 is 0 Å². The van der Waals surface area contributed by atoms with E-state index in [4.69, 9.17) is 0 Å². The maximum atomic E-state index is 2.54. The van der Waals surface area contributed by atoms with Crippen LogP contribution in [0.2, 0.25) is 0 Å². The van der Waals surface area contributed by atoms with Crippen LogP contribution in [0.1, 0.15) is 135 Å². The van der Waals surface area contributed by atoms with E-state index in [1.807, 2.05) is 0 Å². The van der Waals surface area contributed by atoms with Crippen molar-refractivity contribution < 1.29 is 0 Å². The van der Waals surface area contributed by atoms with Gasteiger partial charge in [0, 0.05) is 32.5 Å². The molecule has 0 heterocycles. The molecule has 2 atom stereocenters. The zero-order valence-corrected chi connectivity index (χ0v) is 32.0. The van der Waals surface area contributed by atoms with Gasteiger partial charge >= 0.3 is 0 Å². The Morgan fingerprint density at radius 1 is 0.694 bits per heavy atom. The predicted molar refractivity (Wildman–Crippen MR) is 195 cm³/mol. The van der Waals surface area contributed by atoms with Crippen molar-refractivity contribution in [3.05, 3.63) is 0 Å². The Morgan fingerprint density at radius 3 is 1.67 bits per heavy atom. The second kappa shape index (κ2) is 16.8. The third-order valence-corrected chi connectivity index (χ3v) is 46.9. The van der Waals surface area contributed by atoms with E-state index in [1.54, 1.807) is 0 Å². The van der Waals surface area contributed by atoms with Crippen molar-refractivity contribution in [3.8, 4) is 0 Å². The van der Waals surface area contributed by atoms with Gasteiger partial charge in [0.05, 0.1) is 4.58 Å². The Bertz CT molecular complexity index is 593. The minimum atomic E-state index is -2.98. The number of thioether (sulfide) groups is 1. The normalized spacial score (nSPS) is 17.0. The van der Waals surface area contributed by atoms with Gasteiger partial charge in [-0.05, 0) is 37.5 Å². The smallest absolute Gasteiger partial charge is 0.0609 e. The fourth-order valence-corrected chi connectivity index (χ4v) is 56.4. The first-order valence-electron chi connectivity index (χ1n) is 14.6. The van der Waals surface area contributed by atoms with Gasteiger partial charge in [-0.1, -0.05) is 167 Å². The lowest BCUT2D eigenvalue weighted by Gasteiger charge is -2.81. The van der Waals surface area contributed by atoms with Crippen molar-refractivity contribution in [2.24, 2.45) is 11.8 Å². The number of unbranched alkanes of at least 4 members (excludes halogenated alkanes) is 3. The predicted octanol–water partition coefficient (Wildman–Crippen LogP) is 13.9. The van der Waals surface area contributed by atoms with E-state index in [1.165, 1.54) is 62.2 Å². The van der Waals surface area contributed by atoms with Crippen molar-refractivity contribution >= 4 is 69.2 Å². The van der Waals surface area contributed by atoms with Gasteiger partial charge in [-0.15, -0.1) is 11.8 Å². The van der Waals surface area contributed by atoms with E-state index in [0.717, 1.165) is 0 Å². The maximum Gasteiger partial charge on any atom is 0.0609 e. The van der Waals surface area contributed by atoms with Crippen LogP contribution in [0.25, 0.3) is 0 Å². The molecule has 36 heavy (non-hydrogen) atoms. The summed E-state index contributed by atoms with van der Waals surface area (Å²) in [6, 6.07) is 0. The molecule has 0 spiro atoms. The zero-order valence-electron chi connectivity index (χ0n) is 26.3. The molecular weight excluding hydrogens is 573 g/mol. The summed E-state index contributed by atoms with van der Waals surface area (Å²) in [5.41, 5.74) is 0. The molecule has 0 saturated heterocycles. The van der Waals surface area contributed by atoms with Gasteiger partial charge in [0.1, 0.15) is 0 Å². The van der Waals surface area contributed by atoms with Gasteiger partial charge in [-0.25, -0.2) is 0 Å². The SMILES string of the molecule is CCCCCSS(SCCCC)(SCC(C)C)(SC(C)CC)(SC(C)(C)C)C(CC(C)C)SC(C)C. The van der Waals surface area contributed by atoms with E-state index in [9.17, 15) is 0 Å². The molecule has 0 rings (SSSR count). The lowest BCUT2D eigenvalue weighted by molar-refractivity contribution is 0.618. The molecule has 0 amide bonds. The third kappa shape index (κ3) is 11.7. The molecule has 0 aliphatic rings. The summed E-state index contributed by atoms with van der Waals surface area (Å²) in [4.78, 5) is 0. The fraction of sp³-hybridized carbons (Fsp3) is 1.00. The molecule has 0 N–H and O–H groups in total. The van der Waals surface area contributed by atoms with E-state index in [2.05, 4.69) is 156 Å². The Hall–Kier alpha value is 2.45. The average Bonchev–Trinajstić information content (AvgIpc) is 2.74. The molecule has 222 valence electrons. The number of rotatable bonds is 21. The van der Waals surface area contributed by atoms with Crippen LogP contribution in [0, 0.1) is 11.8 Å². The molecule has 0 nitrogen and oxygen atoms in total. The summed E-state index contributed by atoms with van der Waals surface area (Å²) >= 11 is 2.35. The van der Waals surface area contributed by atoms with Gasteiger partial charge in [-0.2, -0.15) is 0 Å². The molecule has 0 aromatic carbocycles. The summed E-state index contributed by atoms with van der Waals surface area (Å²) in [5.74, 6) is 5.27. The first kappa shape index (κ1) is 38.5. The quantitative estimate of drug-likeness (QED) is 0.0901. The second-order valence-electron chi connectivity index (χ2n) is 12.3. The van der Waals surface area contributed by atoms with Crippen molar-refractivity contribution in [1.29, 1.82) is 0 Å². The van der Waals surface area contributed by atoms with E-state index in [0.29, 0.717) is 26.9 Å². The molecule has 7 heteroatoms. The van der Waals surface area contributed by atoms with Crippen LogP contribution < -0.4 is 0 Å². The zero-order chi connectivity index (χ0) is 28.1. The standard InChI is InChI=1S/C29H64S7/c1-14-17-19-21-31-36(30-20-18-15-2,32-23-25(6)7,34-27(10)16-3,35-29(11,12)13)28(22-24(4)5)33-26(8)9/h24-28H,14-23H2,1-13H3. The van der Waals surface area contributed by atoms with Crippen molar-refractivity contribution in [2.45, 2.75) is 155 Å². The largest absolute Gasteiger partial charge is 0.144 e. The molecule has 2 unspecified atom stereocenters. The van der Waals surface area contributed by atoms with Crippen LogP contribution in [0.15, 0.2) is 0 Å². The van der Waals surface area contributed by atoms with Crippen LogP contribution in [0.4, 0.5) is 0 Å². The van der Waals surface area contributed by atoms with Gasteiger partial charge in [-0.3, -0.25) is 0 Å². The first-order valence-corrected chi connectivity index (χ1v) is 25.3. The summed E-state index contributed by atoms with van der Waals surface area (Å²) in [6.07, 6.45) is 9.20. The van der Waals surface area contributed by atoms with E-state index < -0.39 is 3.45 Å². The maximum absolute atomic E-state index is 2.98. The Morgan fingerprint density at radius 2 is 1.25 bits per heavy atom. The summed E-state index contributed by atoms with van der Waals surface area (Å²) in [7, 11) is 12.5. The lowest BCUT2D eigenvalue weighted by Crippen LogP contribution is -2.37. The van der Waals surface area contributed by atoms with Crippen LogP contribution in [0.5, 0.6) is 0 Å². The molecule has 0 aromatic heterocycles. The molecule has 0 saturated carbocycles. The van der Waals surface area contributed by atoms with Gasteiger partial charge in [0.25, 0.3) is 0 Å². The first-order chi connectivity index (χ1) is 16.6. The van der Waals surface area contributed by atoms with Crippen molar-refractivity contribution in [1.82, 2.24) is 0 Å². The Balaban J connectivity index is 7.72. The molecule has 0 aliphatic heterocycles. The van der Waals surface area contributed by atoms with Crippen LogP contribution in [0.3, 0.4) is 0 Å². The highest BCUT2D eigenvalue weighted by molar-refractivity contribution is 9.98. The lowest BCUT2D eigenvalue weighted by atomic mass is 10.2. The minimum Gasteiger partial charge on any atom is -0.144 e. The second-order valence-corrected chi connectivity index (χ2v) is 43.9. The van der Waals surface area contributed by atoms with E-state index in [-0.39, 0.29) is 4.75 Å². The number of hydrogen-bond acceptors (Lipinski definition) is 6. The molecular formula is C29H64S7. The fourth-order valence-electron chi connectivity index (χ4n) is 3.93. The van der Waals surface area contributed by atoms with Crippen molar-refractivity contribution in [3.63, 3.8) is 0 Å². The summed E-state index contributed by atoms with van der Waals surface area (Å²) in [6.45, 7) is 32.0.